The van der Waals surface area contributed by atoms with Crippen molar-refractivity contribution in [1.29, 1.82) is 0 Å². The third-order valence-electron chi connectivity index (χ3n) is 3.43. The van der Waals surface area contributed by atoms with Crippen LogP contribution < -0.4 is 5.56 Å². The van der Waals surface area contributed by atoms with E-state index in [9.17, 15) is 4.79 Å². The molecule has 5 heteroatoms. The Hall–Kier alpha value is -1.98. The molecule has 0 N–H and O–H groups in total. The molecule has 21 heavy (non-hydrogen) atoms. The summed E-state index contributed by atoms with van der Waals surface area (Å²) >= 11 is 1.52. The maximum Gasteiger partial charge on any atom is 0.262 e. The van der Waals surface area contributed by atoms with Crippen molar-refractivity contribution in [2.75, 3.05) is 20.6 Å². The molecule has 4 nitrogen and oxygen atoms in total. The molecule has 3 aromatic rings. The maximum atomic E-state index is 12.7. The molecule has 108 valence electrons. The van der Waals surface area contributed by atoms with Gasteiger partial charge in [-0.1, -0.05) is 30.3 Å². The van der Waals surface area contributed by atoms with Gasteiger partial charge in [0.05, 0.1) is 11.7 Å². The fraction of sp³-hybridized carbons (Fsp3) is 0.250. The van der Waals surface area contributed by atoms with Crippen LogP contribution in [0.25, 0.3) is 21.3 Å². The van der Waals surface area contributed by atoms with Crippen molar-refractivity contribution in [3.8, 4) is 11.1 Å². The molecule has 0 unspecified atom stereocenters. The van der Waals surface area contributed by atoms with Crippen LogP contribution in [0.1, 0.15) is 0 Å². The van der Waals surface area contributed by atoms with Crippen molar-refractivity contribution in [2.45, 2.75) is 6.54 Å². The highest BCUT2D eigenvalue weighted by molar-refractivity contribution is 7.17. The molecule has 0 spiro atoms. The van der Waals surface area contributed by atoms with Crippen molar-refractivity contribution < 1.29 is 0 Å². The second-order valence-electron chi connectivity index (χ2n) is 5.24. The summed E-state index contributed by atoms with van der Waals surface area (Å²) in [6.45, 7) is 1.47. The van der Waals surface area contributed by atoms with E-state index < -0.39 is 0 Å². The zero-order valence-corrected chi connectivity index (χ0v) is 12.9. The summed E-state index contributed by atoms with van der Waals surface area (Å²) in [5, 5.41) is 2.75. The van der Waals surface area contributed by atoms with Crippen molar-refractivity contribution in [2.24, 2.45) is 0 Å². The molecule has 0 radical (unpaired) electrons. The van der Waals surface area contributed by atoms with Gasteiger partial charge >= 0.3 is 0 Å². The fourth-order valence-corrected chi connectivity index (χ4v) is 3.17. The minimum absolute atomic E-state index is 0.0435. The number of hydrogen-bond donors (Lipinski definition) is 0. The van der Waals surface area contributed by atoms with Gasteiger partial charge in [-0.15, -0.1) is 11.3 Å². The number of nitrogens with zero attached hydrogens (tertiary/aromatic N) is 3. The smallest absolute Gasteiger partial charge is 0.262 e. The van der Waals surface area contributed by atoms with Crippen molar-refractivity contribution in [3.05, 3.63) is 52.4 Å². The van der Waals surface area contributed by atoms with Crippen LogP contribution in [0.15, 0.2) is 46.8 Å². The molecule has 1 aromatic carbocycles. The first-order valence-corrected chi connectivity index (χ1v) is 7.71. The van der Waals surface area contributed by atoms with Crippen molar-refractivity contribution in [1.82, 2.24) is 14.5 Å². The molecule has 0 amide bonds. The lowest BCUT2D eigenvalue weighted by Crippen LogP contribution is -2.26. The fourth-order valence-electron chi connectivity index (χ4n) is 2.26. The molecule has 0 atom stereocenters. The molecule has 0 bridgehead atoms. The maximum absolute atomic E-state index is 12.7. The van der Waals surface area contributed by atoms with E-state index in [1.807, 2.05) is 49.8 Å². The summed E-state index contributed by atoms with van der Waals surface area (Å²) in [5.74, 6) is 0. The largest absolute Gasteiger partial charge is 0.308 e. The Balaban J connectivity index is 2.12. The van der Waals surface area contributed by atoms with E-state index in [4.69, 9.17) is 0 Å². The SMILES string of the molecule is CN(C)CCn1cnc2scc(-c3ccccc3)c2c1=O. The lowest BCUT2D eigenvalue weighted by Gasteiger charge is -2.11. The van der Waals surface area contributed by atoms with E-state index in [-0.39, 0.29) is 5.56 Å². The zero-order valence-electron chi connectivity index (χ0n) is 12.1. The van der Waals surface area contributed by atoms with Crippen molar-refractivity contribution in [3.63, 3.8) is 0 Å². The van der Waals surface area contributed by atoms with Gasteiger partial charge in [0.25, 0.3) is 5.56 Å². The van der Waals surface area contributed by atoms with E-state index in [1.54, 1.807) is 10.9 Å². The summed E-state index contributed by atoms with van der Waals surface area (Å²) in [7, 11) is 3.99. The summed E-state index contributed by atoms with van der Waals surface area (Å²) in [6, 6.07) is 10.0. The van der Waals surface area contributed by atoms with Crippen LogP contribution in [0, 0.1) is 0 Å². The third kappa shape index (κ3) is 2.75. The van der Waals surface area contributed by atoms with Crippen LogP contribution in [-0.2, 0) is 6.54 Å². The Kier molecular flexibility index (Phi) is 3.86. The van der Waals surface area contributed by atoms with E-state index in [2.05, 4.69) is 9.88 Å². The van der Waals surface area contributed by atoms with Crippen LogP contribution in [0.4, 0.5) is 0 Å². The lowest BCUT2D eigenvalue weighted by atomic mass is 10.1. The number of thiophene rings is 1. The van der Waals surface area contributed by atoms with Gasteiger partial charge < -0.3 is 4.90 Å². The minimum Gasteiger partial charge on any atom is -0.308 e. The summed E-state index contributed by atoms with van der Waals surface area (Å²) in [4.78, 5) is 20.0. The van der Waals surface area contributed by atoms with E-state index in [0.29, 0.717) is 6.54 Å². The first-order valence-electron chi connectivity index (χ1n) is 6.83. The molecule has 0 fully saturated rings. The first-order chi connectivity index (χ1) is 10.2. The Labute approximate surface area is 127 Å². The number of likely N-dealkylation sites (N-methyl/N-ethyl adjacent to an activating group) is 1. The predicted molar refractivity (Wildman–Crippen MR) is 87.9 cm³/mol. The minimum atomic E-state index is 0.0435. The molecule has 2 aromatic heterocycles. The summed E-state index contributed by atoms with van der Waals surface area (Å²) in [6.07, 6.45) is 1.65. The van der Waals surface area contributed by atoms with Gasteiger partial charge in [0, 0.05) is 24.0 Å². The van der Waals surface area contributed by atoms with E-state index in [1.165, 1.54) is 11.3 Å². The van der Waals surface area contributed by atoms with Crippen LogP contribution >= 0.6 is 11.3 Å². The molecule has 2 heterocycles. The van der Waals surface area contributed by atoms with Gasteiger partial charge in [0.1, 0.15) is 4.83 Å². The molecular formula is C16H17N3OS. The lowest BCUT2D eigenvalue weighted by molar-refractivity contribution is 0.380. The Morgan fingerprint density at radius 1 is 1.24 bits per heavy atom. The highest BCUT2D eigenvalue weighted by Gasteiger charge is 2.12. The quantitative estimate of drug-likeness (QED) is 0.743. The van der Waals surface area contributed by atoms with Crippen LogP contribution in [0.2, 0.25) is 0 Å². The average Bonchev–Trinajstić information content (AvgIpc) is 2.92. The highest BCUT2D eigenvalue weighted by Crippen LogP contribution is 2.30. The van der Waals surface area contributed by atoms with Crippen LogP contribution in [0.5, 0.6) is 0 Å². The molecule has 0 aliphatic heterocycles. The summed E-state index contributed by atoms with van der Waals surface area (Å²) in [5.41, 5.74) is 2.09. The second-order valence-corrected chi connectivity index (χ2v) is 6.10. The number of aromatic nitrogens is 2. The van der Waals surface area contributed by atoms with Crippen molar-refractivity contribution >= 4 is 21.6 Å². The molecule has 3 rings (SSSR count). The Morgan fingerprint density at radius 3 is 2.71 bits per heavy atom. The average molecular weight is 299 g/mol. The number of benzene rings is 1. The van der Waals surface area contributed by atoms with Crippen LogP contribution in [0.3, 0.4) is 0 Å². The molecule has 0 saturated heterocycles. The summed E-state index contributed by atoms with van der Waals surface area (Å²) < 4.78 is 1.70. The molecule has 0 saturated carbocycles. The first kappa shape index (κ1) is 14.0. The standard InChI is InChI=1S/C16H17N3OS/c1-18(2)8-9-19-11-17-15-14(16(19)20)13(10-21-15)12-6-4-3-5-7-12/h3-7,10-11H,8-9H2,1-2H3. The predicted octanol–water partition coefficient (Wildman–Crippen LogP) is 2.69. The number of hydrogen-bond acceptors (Lipinski definition) is 4. The third-order valence-corrected chi connectivity index (χ3v) is 4.32. The number of fused-ring (bicyclic) bond motifs is 1. The number of rotatable bonds is 4. The van der Waals surface area contributed by atoms with Gasteiger partial charge in [0.15, 0.2) is 0 Å². The van der Waals surface area contributed by atoms with Crippen LogP contribution in [-0.4, -0.2) is 35.1 Å². The van der Waals surface area contributed by atoms with E-state index >= 15 is 0 Å². The van der Waals surface area contributed by atoms with Gasteiger partial charge in [0.2, 0.25) is 0 Å². The zero-order chi connectivity index (χ0) is 14.8. The normalized spacial score (nSPS) is 11.4. The second kappa shape index (κ2) is 5.79. The van der Waals surface area contributed by atoms with Gasteiger partial charge in [-0.2, -0.15) is 0 Å². The van der Waals surface area contributed by atoms with Gasteiger partial charge in [-0.3, -0.25) is 9.36 Å². The Morgan fingerprint density at radius 2 is 2.00 bits per heavy atom. The monoisotopic (exact) mass is 299 g/mol. The highest BCUT2D eigenvalue weighted by atomic mass is 32.1. The molecular weight excluding hydrogens is 282 g/mol. The van der Waals surface area contributed by atoms with Gasteiger partial charge in [-0.05, 0) is 19.7 Å². The molecule has 0 aliphatic carbocycles. The van der Waals surface area contributed by atoms with Gasteiger partial charge in [-0.25, -0.2) is 4.98 Å². The topological polar surface area (TPSA) is 38.1 Å². The van der Waals surface area contributed by atoms with E-state index in [0.717, 1.165) is 27.9 Å². The Bertz CT molecular complexity index is 805. The molecule has 0 aliphatic rings.